The maximum absolute atomic E-state index is 5.43. The number of hydrogen-bond acceptors (Lipinski definition) is 4. The van der Waals surface area contributed by atoms with E-state index in [1.807, 2.05) is 11.6 Å². The molecule has 1 aromatic rings. The first kappa shape index (κ1) is 8.55. The largest absolute Gasteiger partial charge is 0.324 e. The van der Waals surface area contributed by atoms with E-state index in [2.05, 4.69) is 17.1 Å². The third-order valence-electron chi connectivity index (χ3n) is 1.38. The van der Waals surface area contributed by atoms with Crippen LogP contribution in [0.5, 0.6) is 0 Å². The van der Waals surface area contributed by atoms with E-state index >= 15 is 0 Å². The average molecular weight is 172 g/mol. The first-order valence-corrected chi connectivity index (χ1v) is 4.49. The molecule has 1 heterocycles. The van der Waals surface area contributed by atoms with E-state index in [1.165, 1.54) is 0 Å². The molecular formula is C6H12N4S. The summed E-state index contributed by atoms with van der Waals surface area (Å²) < 4.78 is 1.92. The number of rotatable bonds is 3. The van der Waals surface area contributed by atoms with Crippen LogP contribution in [0.25, 0.3) is 0 Å². The lowest BCUT2D eigenvalue weighted by Gasteiger charge is -1.98. The third kappa shape index (κ3) is 1.72. The average Bonchev–Trinajstić information content (AvgIpc) is 2.34. The highest BCUT2D eigenvalue weighted by Gasteiger charge is 2.05. The second-order valence-electron chi connectivity index (χ2n) is 2.09. The van der Waals surface area contributed by atoms with Gasteiger partial charge >= 0.3 is 0 Å². The second-order valence-corrected chi connectivity index (χ2v) is 3.33. The maximum atomic E-state index is 5.43. The quantitative estimate of drug-likeness (QED) is 0.670. The molecule has 0 amide bonds. The lowest BCUT2D eigenvalue weighted by atomic mass is 10.6. The molecule has 0 aliphatic rings. The van der Waals surface area contributed by atoms with E-state index in [1.54, 1.807) is 11.8 Å². The van der Waals surface area contributed by atoms with Gasteiger partial charge in [0.15, 0.2) is 5.16 Å². The minimum atomic E-state index is 0.452. The molecule has 0 fully saturated rings. The maximum Gasteiger partial charge on any atom is 0.190 e. The SMILES string of the molecule is CCSc1nnc(CN)n1C. The Hall–Kier alpha value is -0.550. The monoisotopic (exact) mass is 172 g/mol. The van der Waals surface area contributed by atoms with Crippen molar-refractivity contribution in [3.05, 3.63) is 5.82 Å². The zero-order chi connectivity index (χ0) is 8.27. The minimum absolute atomic E-state index is 0.452. The molecule has 0 aliphatic heterocycles. The summed E-state index contributed by atoms with van der Waals surface area (Å²) in [5, 5.41) is 8.83. The zero-order valence-electron chi connectivity index (χ0n) is 6.74. The van der Waals surface area contributed by atoms with Crippen LogP contribution in [0.1, 0.15) is 12.7 Å². The molecule has 0 atom stereocenters. The molecule has 0 radical (unpaired) electrons. The van der Waals surface area contributed by atoms with Crippen molar-refractivity contribution in [2.24, 2.45) is 12.8 Å². The van der Waals surface area contributed by atoms with Crippen LogP contribution in [0.4, 0.5) is 0 Å². The van der Waals surface area contributed by atoms with Gasteiger partial charge in [0.05, 0.1) is 6.54 Å². The van der Waals surface area contributed by atoms with Gasteiger partial charge in [0.1, 0.15) is 5.82 Å². The van der Waals surface area contributed by atoms with Crippen molar-refractivity contribution in [3.8, 4) is 0 Å². The summed E-state index contributed by atoms with van der Waals surface area (Å²) in [5.41, 5.74) is 5.43. The first-order valence-electron chi connectivity index (χ1n) is 3.50. The van der Waals surface area contributed by atoms with Crippen LogP contribution in [0.15, 0.2) is 5.16 Å². The van der Waals surface area contributed by atoms with Crippen LogP contribution in [0.3, 0.4) is 0 Å². The standard InChI is InChI=1S/C6H12N4S/c1-3-11-6-9-8-5(4-7)10(6)2/h3-4,7H2,1-2H3. The second kappa shape index (κ2) is 3.73. The van der Waals surface area contributed by atoms with Crippen molar-refractivity contribution >= 4 is 11.8 Å². The molecule has 62 valence electrons. The molecule has 4 nitrogen and oxygen atoms in total. The lowest BCUT2D eigenvalue weighted by Crippen LogP contribution is -2.05. The molecule has 0 bridgehead atoms. The van der Waals surface area contributed by atoms with Gasteiger partial charge in [-0.25, -0.2) is 0 Å². The Kier molecular flexibility index (Phi) is 2.90. The minimum Gasteiger partial charge on any atom is -0.324 e. The molecule has 11 heavy (non-hydrogen) atoms. The lowest BCUT2D eigenvalue weighted by molar-refractivity contribution is 0.734. The fourth-order valence-corrected chi connectivity index (χ4v) is 1.43. The van der Waals surface area contributed by atoms with Gasteiger partial charge in [0.25, 0.3) is 0 Å². The summed E-state index contributed by atoms with van der Waals surface area (Å²) in [5.74, 6) is 1.84. The fraction of sp³-hybridized carbons (Fsp3) is 0.667. The smallest absolute Gasteiger partial charge is 0.190 e. The zero-order valence-corrected chi connectivity index (χ0v) is 7.56. The van der Waals surface area contributed by atoms with E-state index in [0.717, 1.165) is 16.7 Å². The van der Waals surface area contributed by atoms with Crippen LogP contribution in [0.2, 0.25) is 0 Å². The Labute approximate surface area is 70.2 Å². The molecule has 1 aromatic heterocycles. The summed E-state index contributed by atoms with van der Waals surface area (Å²) >= 11 is 1.67. The third-order valence-corrected chi connectivity index (χ3v) is 2.28. The van der Waals surface area contributed by atoms with E-state index < -0.39 is 0 Å². The molecule has 5 heteroatoms. The van der Waals surface area contributed by atoms with E-state index in [-0.39, 0.29) is 0 Å². The van der Waals surface area contributed by atoms with Crippen molar-refractivity contribution in [3.63, 3.8) is 0 Å². The highest BCUT2D eigenvalue weighted by molar-refractivity contribution is 7.99. The Morgan fingerprint density at radius 1 is 1.55 bits per heavy atom. The van der Waals surface area contributed by atoms with Crippen molar-refractivity contribution in [2.75, 3.05) is 5.75 Å². The highest BCUT2D eigenvalue weighted by atomic mass is 32.2. The molecule has 0 aliphatic carbocycles. The molecule has 0 unspecified atom stereocenters. The highest BCUT2D eigenvalue weighted by Crippen LogP contribution is 2.13. The normalized spacial score (nSPS) is 10.5. The molecule has 0 saturated carbocycles. The van der Waals surface area contributed by atoms with Crippen LogP contribution < -0.4 is 5.73 Å². The van der Waals surface area contributed by atoms with Gasteiger partial charge < -0.3 is 10.3 Å². The molecule has 1 rings (SSSR count). The molecule has 0 spiro atoms. The van der Waals surface area contributed by atoms with Gasteiger partial charge in [-0.2, -0.15) is 0 Å². The molecular weight excluding hydrogens is 160 g/mol. The van der Waals surface area contributed by atoms with E-state index in [0.29, 0.717) is 6.54 Å². The van der Waals surface area contributed by atoms with E-state index in [9.17, 15) is 0 Å². The number of thioether (sulfide) groups is 1. The number of nitrogens with zero attached hydrogens (tertiary/aromatic N) is 3. The van der Waals surface area contributed by atoms with Gasteiger partial charge in [-0.15, -0.1) is 10.2 Å². The van der Waals surface area contributed by atoms with Crippen LogP contribution >= 0.6 is 11.8 Å². The Balaban J connectivity index is 2.82. The first-order chi connectivity index (χ1) is 5.29. The van der Waals surface area contributed by atoms with Crippen LogP contribution in [-0.2, 0) is 13.6 Å². The molecule has 2 N–H and O–H groups in total. The number of hydrogen-bond donors (Lipinski definition) is 1. The summed E-state index contributed by atoms with van der Waals surface area (Å²) in [6.45, 7) is 2.54. The van der Waals surface area contributed by atoms with Crippen molar-refractivity contribution < 1.29 is 0 Å². The van der Waals surface area contributed by atoms with Crippen molar-refractivity contribution in [1.82, 2.24) is 14.8 Å². The molecule has 0 saturated heterocycles. The number of aromatic nitrogens is 3. The van der Waals surface area contributed by atoms with Crippen molar-refractivity contribution in [2.45, 2.75) is 18.6 Å². The van der Waals surface area contributed by atoms with Crippen LogP contribution in [-0.4, -0.2) is 20.5 Å². The summed E-state index contributed by atoms with van der Waals surface area (Å²) in [6.07, 6.45) is 0. The van der Waals surface area contributed by atoms with Gasteiger partial charge in [-0.1, -0.05) is 18.7 Å². The Morgan fingerprint density at radius 3 is 2.73 bits per heavy atom. The topological polar surface area (TPSA) is 56.7 Å². The van der Waals surface area contributed by atoms with Gasteiger partial charge in [-0.05, 0) is 5.75 Å². The number of nitrogens with two attached hydrogens (primary N) is 1. The predicted molar refractivity (Wildman–Crippen MR) is 45.3 cm³/mol. The fourth-order valence-electron chi connectivity index (χ4n) is 0.778. The van der Waals surface area contributed by atoms with Gasteiger partial charge in [0.2, 0.25) is 0 Å². The predicted octanol–water partition coefficient (Wildman–Crippen LogP) is 0.386. The summed E-state index contributed by atoms with van der Waals surface area (Å²) in [7, 11) is 1.93. The Bertz CT molecular complexity index is 232. The van der Waals surface area contributed by atoms with Gasteiger partial charge in [0, 0.05) is 7.05 Å². The summed E-state index contributed by atoms with van der Waals surface area (Å²) in [4.78, 5) is 0. The van der Waals surface area contributed by atoms with Gasteiger partial charge in [-0.3, -0.25) is 0 Å². The Morgan fingerprint density at radius 2 is 2.27 bits per heavy atom. The summed E-state index contributed by atoms with van der Waals surface area (Å²) in [6, 6.07) is 0. The van der Waals surface area contributed by atoms with E-state index in [4.69, 9.17) is 5.73 Å². The molecule has 0 aromatic carbocycles. The van der Waals surface area contributed by atoms with Crippen molar-refractivity contribution in [1.29, 1.82) is 0 Å². The van der Waals surface area contributed by atoms with Crippen LogP contribution in [0, 0.1) is 0 Å².